The zero-order chi connectivity index (χ0) is 37.5. The third-order valence-corrected chi connectivity index (χ3v) is 7.93. The first-order valence-electron chi connectivity index (χ1n) is 19.0. The summed E-state index contributed by atoms with van der Waals surface area (Å²) in [6, 6.07) is 0. The van der Waals surface area contributed by atoms with E-state index in [9.17, 15) is 14.2 Å². The van der Waals surface area contributed by atoms with Gasteiger partial charge in [0.1, 0.15) is 6.61 Å². The molecule has 0 aliphatic heterocycles. The van der Waals surface area contributed by atoms with Crippen molar-refractivity contribution in [1.82, 2.24) is 0 Å². The number of phosphoric acid groups is 1. The first-order chi connectivity index (χ1) is 24.8. The van der Waals surface area contributed by atoms with Gasteiger partial charge in [-0.05, 0) is 96.3 Å². The largest absolute Gasteiger partial charge is 0.469 e. The van der Waals surface area contributed by atoms with Crippen LogP contribution >= 0.6 is 7.82 Å². The van der Waals surface area contributed by atoms with Gasteiger partial charge in [-0.1, -0.05) is 111 Å². The van der Waals surface area contributed by atoms with Crippen LogP contribution in [0.2, 0.25) is 0 Å². The lowest BCUT2D eigenvalue weighted by molar-refractivity contribution is -0.161. The van der Waals surface area contributed by atoms with Gasteiger partial charge >= 0.3 is 19.8 Å². The highest BCUT2D eigenvalue weighted by atomic mass is 31.2. The van der Waals surface area contributed by atoms with Gasteiger partial charge in [-0.15, -0.1) is 0 Å². The SMILES string of the molecule is CCCCC/C=C\C/C=C\C/C=C\CCCCC(=O)O[C@H](COC(=O)CCC/C=C\C/C=C\C/C=C\C/C=C\CCCCCO)COP(=O)(O)O. The van der Waals surface area contributed by atoms with Gasteiger partial charge in [0.05, 0.1) is 6.61 Å². The van der Waals surface area contributed by atoms with Crippen LogP contribution in [0.5, 0.6) is 0 Å². The lowest BCUT2D eigenvalue weighted by atomic mass is 10.1. The molecule has 3 N–H and O–H groups in total. The average Bonchev–Trinajstić information content (AvgIpc) is 3.10. The van der Waals surface area contributed by atoms with Gasteiger partial charge in [0, 0.05) is 19.4 Å². The van der Waals surface area contributed by atoms with E-state index < -0.39 is 32.5 Å². The summed E-state index contributed by atoms with van der Waals surface area (Å²) in [6.07, 6.45) is 46.1. The summed E-state index contributed by atoms with van der Waals surface area (Å²) in [5, 5.41) is 8.77. The molecule has 51 heavy (non-hydrogen) atoms. The Morgan fingerprint density at radius 1 is 0.549 bits per heavy atom. The van der Waals surface area contributed by atoms with Crippen molar-refractivity contribution in [2.24, 2.45) is 0 Å². The van der Waals surface area contributed by atoms with Crippen LogP contribution in [0.3, 0.4) is 0 Å². The molecule has 0 spiro atoms. The van der Waals surface area contributed by atoms with Gasteiger partial charge in [0.15, 0.2) is 6.10 Å². The highest BCUT2D eigenvalue weighted by molar-refractivity contribution is 7.46. The first kappa shape index (κ1) is 48.2. The Labute approximate surface area is 308 Å². The third kappa shape index (κ3) is 39.8. The molecule has 0 rings (SSSR count). The quantitative estimate of drug-likeness (QED) is 0.0255. The zero-order valence-electron chi connectivity index (χ0n) is 31.2. The van der Waals surface area contributed by atoms with Crippen molar-refractivity contribution in [1.29, 1.82) is 0 Å². The Kier molecular flexibility index (Phi) is 34.9. The van der Waals surface area contributed by atoms with Gasteiger partial charge < -0.3 is 24.4 Å². The van der Waals surface area contributed by atoms with Crippen molar-refractivity contribution >= 4 is 19.8 Å². The minimum absolute atomic E-state index is 0.141. The van der Waals surface area contributed by atoms with Crippen LogP contribution in [0.15, 0.2) is 85.1 Å². The van der Waals surface area contributed by atoms with E-state index in [0.29, 0.717) is 19.3 Å². The number of rotatable bonds is 34. The smallest absolute Gasteiger partial charge is 0.462 e. The number of carbonyl (C=O) groups is 2. The van der Waals surface area contributed by atoms with Crippen molar-refractivity contribution in [3.8, 4) is 0 Å². The fourth-order valence-electron chi connectivity index (χ4n) is 4.58. The number of aliphatic hydroxyl groups is 1. The van der Waals surface area contributed by atoms with Gasteiger partial charge in [-0.25, -0.2) is 4.57 Å². The van der Waals surface area contributed by atoms with E-state index in [-0.39, 0.29) is 26.1 Å². The minimum atomic E-state index is -4.78. The van der Waals surface area contributed by atoms with Crippen molar-refractivity contribution in [3.63, 3.8) is 0 Å². The minimum Gasteiger partial charge on any atom is -0.462 e. The van der Waals surface area contributed by atoms with Crippen LogP contribution < -0.4 is 0 Å². The number of ether oxygens (including phenoxy) is 2. The number of esters is 2. The molecule has 0 aromatic carbocycles. The highest BCUT2D eigenvalue weighted by Crippen LogP contribution is 2.35. The maximum absolute atomic E-state index is 12.3. The Morgan fingerprint density at radius 2 is 0.980 bits per heavy atom. The third-order valence-electron chi connectivity index (χ3n) is 7.44. The van der Waals surface area contributed by atoms with Gasteiger partial charge in [-0.3, -0.25) is 14.1 Å². The van der Waals surface area contributed by atoms with Gasteiger partial charge in [-0.2, -0.15) is 0 Å². The monoisotopic (exact) mass is 734 g/mol. The summed E-state index contributed by atoms with van der Waals surface area (Å²) in [7, 11) is -4.78. The molecule has 0 aliphatic carbocycles. The Bertz CT molecular complexity index is 1100. The fraction of sp³-hybridized carbons (Fsp3) is 0.610. The molecule has 0 unspecified atom stereocenters. The Morgan fingerprint density at radius 3 is 1.45 bits per heavy atom. The number of hydrogen-bond donors (Lipinski definition) is 3. The second-order valence-electron chi connectivity index (χ2n) is 12.3. The molecule has 0 aliphatic rings. The molecule has 0 aromatic heterocycles. The maximum Gasteiger partial charge on any atom is 0.469 e. The van der Waals surface area contributed by atoms with Crippen molar-refractivity contribution in [2.75, 3.05) is 19.8 Å². The Balaban J connectivity index is 4.15. The van der Waals surface area contributed by atoms with Gasteiger partial charge in [0.2, 0.25) is 0 Å². The fourth-order valence-corrected chi connectivity index (χ4v) is 4.94. The topological polar surface area (TPSA) is 140 Å². The molecule has 0 saturated carbocycles. The molecule has 0 radical (unpaired) electrons. The Hall–Kier alpha value is -2.81. The molecule has 0 fully saturated rings. The molecular formula is C41H67O9P. The molecule has 9 nitrogen and oxygen atoms in total. The molecule has 0 aromatic rings. The molecule has 0 bridgehead atoms. The summed E-state index contributed by atoms with van der Waals surface area (Å²) in [5.74, 6) is -1.02. The lowest BCUT2D eigenvalue weighted by Gasteiger charge is -2.18. The van der Waals surface area contributed by atoms with Crippen LogP contribution in [-0.4, -0.2) is 52.8 Å². The van der Waals surface area contributed by atoms with Crippen LogP contribution in [0.1, 0.15) is 135 Å². The average molecular weight is 735 g/mol. The van der Waals surface area contributed by atoms with E-state index in [1.165, 1.54) is 19.3 Å². The second-order valence-corrected chi connectivity index (χ2v) is 13.5. The van der Waals surface area contributed by atoms with Crippen molar-refractivity contribution in [3.05, 3.63) is 85.1 Å². The van der Waals surface area contributed by atoms with E-state index in [0.717, 1.165) is 77.0 Å². The van der Waals surface area contributed by atoms with E-state index in [1.54, 1.807) is 0 Å². The second kappa shape index (κ2) is 37.0. The number of carbonyl (C=O) groups excluding carboxylic acids is 2. The maximum atomic E-state index is 12.3. The van der Waals surface area contributed by atoms with Crippen LogP contribution in [0.25, 0.3) is 0 Å². The predicted octanol–water partition coefficient (Wildman–Crippen LogP) is 10.3. The predicted molar refractivity (Wildman–Crippen MR) is 208 cm³/mol. The van der Waals surface area contributed by atoms with Crippen LogP contribution in [0.4, 0.5) is 0 Å². The van der Waals surface area contributed by atoms with Crippen molar-refractivity contribution in [2.45, 2.75) is 141 Å². The van der Waals surface area contributed by atoms with E-state index >= 15 is 0 Å². The van der Waals surface area contributed by atoms with E-state index in [4.69, 9.17) is 24.4 Å². The standard InChI is InChI=1S/C41H67O9P/c1-2-3-4-5-6-7-8-9-13-17-20-23-26-29-32-35-41(44)50-39(38-49-51(45,46)47)37-48-40(43)34-31-28-25-22-19-16-14-11-10-12-15-18-21-24-27-30-33-36-42/h6-7,9-10,12-14,16,18,20-23,25,39,42H,2-5,8,11,15,17,19,24,26-38H2,1H3,(H2,45,46,47)/b7-6-,12-10-,13-9-,16-14-,21-18-,23-20-,25-22-/t39-/m1/s1. The zero-order valence-corrected chi connectivity index (χ0v) is 32.1. The molecule has 0 saturated heterocycles. The van der Waals surface area contributed by atoms with Crippen molar-refractivity contribution < 1.29 is 43.0 Å². The highest BCUT2D eigenvalue weighted by Gasteiger charge is 2.22. The number of unbranched alkanes of at least 4 members (excludes halogenated alkanes) is 9. The van der Waals surface area contributed by atoms with E-state index in [2.05, 4.69) is 84.4 Å². The summed E-state index contributed by atoms with van der Waals surface area (Å²) in [6.45, 7) is 1.56. The lowest BCUT2D eigenvalue weighted by Crippen LogP contribution is -2.29. The summed E-state index contributed by atoms with van der Waals surface area (Å²) in [4.78, 5) is 42.7. The first-order valence-corrected chi connectivity index (χ1v) is 20.5. The summed E-state index contributed by atoms with van der Waals surface area (Å²) in [5.41, 5.74) is 0. The number of allylic oxidation sites excluding steroid dienone is 14. The number of aliphatic hydroxyl groups excluding tert-OH is 1. The normalized spacial score (nSPS) is 13.4. The molecule has 0 heterocycles. The van der Waals surface area contributed by atoms with Gasteiger partial charge in [0.25, 0.3) is 0 Å². The number of hydrogen-bond acceptors (Lipinski definition) is 7. The van der Waals surface area contributed by atoms with E-state index in [1.807, 2.05) is 12.2 Å². The molecule has 10 heteroatoms. The summed E-state index contributed by atoms with van der Waals surface area (Å²) < 4.78 is 26.2. The molecule has 0 amide bonds. The molecule has 290 valence electrons. The van der Waals surface area contributed by atoms with Crippen LogP contribution in [-0.2, 0) is 28.2 Å². The number of phosphoric ester groups is 1. The summed E-state index contributed by atoms with van der Waals surface area (Å²) >= 11 is 0. The van der Waals surface area contributed by atoms with Crippen LogP contribution in [0, 0.1) is 0 Å². The molecular weight excluding hydrogens is 667 g/mol. The molecule has 1 atom stereocenters.